The molecule has 8 aromatic rings. The number of hydrogen-bond donors (Lipinski definition) is 0. The van der Waals surface area contributed by atoms with Gasteiger partial charge in [-0.3, -0.25) is 0 Å². The van der Waals surface area contributed by atoms with Gasteiger partial charge in [-0.05, 0) is 69.5 Å². The van der Waals surface area contributed by atoms with Crippen LogP contribution < -0.4 is 0 Å². The van der Waals surface area contributed by atoms with Gasteiger partial charge in [-0.2, -0.15) is 25.3 Å². The van der Waals surface area contributed by atoms with Gasteiger partial charge in [0.1, 0.15) is 0 Å². The maximum Gasteiger partial charge on any atom is -0.0178 e. The molecule has 342 valence electrons. The standard InChI is InChI=1S/2C27H27.C3H4F3.CH3.2ClH.Si.Zr/c2*1-2-4-9-20(8-3-1)16-21-17-24-12-7-13-26(27(24)18-21)25-15-14-22-10-5-6-11-23(22)19-25;1-2-3(4,5)6;;;;;/h2*5-7,10-15,17-20H,1-4,8-9,16H2;1-2H2;1H3;2*1H;;/q4*-1;;;;. The number of benzene rings is 6. The summed E-state index contributed by atoms with van der Waals surface area (Å²) in [5.41, 5.74) is 8.45. The monoisotopic (exact) mass is 1000 g/mol. The van der Waals surface area contributed by atoms with Gasteiger partial charge in [-0.15, -0.1) is 93.9 Å². The van der Waals surface area contributed by atoms with Crippen LogP contribution in [0.2, 0.25) is 0 Å². The first-order valence-corrected chi connectivity index (χ1v) is 26.9. The number of alkyl halides is 3. The summed E-state index contributed by atoms with van der Waals surface area (Å²) in [6.07, 6.45) is 14.6. The molecule has 0 saturated heterocycles. The number of rotatable bonds is 6. The van der Waals surface area contributed by atoms with Crippen LogP contribution in [-0.2, 0) is 36.2 Å². The summed E-state index contributed by atoms with van der Waals surface area (Å²) >= 11 is 1.36. The topological polar surface area (TPSA) is 0 Å². The van der Waals surface area contributed by atoms with Crippen molar-refractivity contribution in [1.29, 1.82) is 0 Å². The summed E-state index contributed by atoms with van der Waals surface area (Å²) in [5.74, 6) is 1.77. The van der Waals surface area contributed by atoms with Crippen LogP contribution in [-0.4, -0.2) is 13.1 Å². The number of fused-ring (bicyclic) bond motifs is 4. The number of hydrogen-bond acceptors (Lipinski definition) is 0. The largest absolute Gasteiger partial charge is 0.164 e. The van der Waals surface area contributed by atoms with E-state index in [1.807, 2.05) is 0 Å². The molecule has 0 N–H and O–H groups in total. The third kappa shape index (κ3) is 15.0. The predicted molar refractivity (Wildman–Crippen MR) is 277 cm³/mol. The zero-order valence-corrected chi connectivity index (χ0v) is 42.9. The fraction of sp³-hybridized carbons (Fsp3) is 0.310. The number of halogens is 5. The summed E-state index contributed by atoms with van der Waals surface area (Å²) in [4.78, 5) is 0. The molecule has 8 aromatic carbocycles. The van der Waals surface area contributed by atoms with Crippen molar-refractivity contribution < 1.29 is 36.5 Å². The van der Waals surface area contributed by atoms with Crippen molar-refractivity contribution in [2.45, 2.75) is 102 Å². The van der Waals surface area contributed by atoms with E-state index < -0.39 is 12.6 Å². The van der Waals surface area contributed by atoms with Crippen molar-refractivity contribution in [2.75, 3.05) is 0 Å². The zero-order valence-electron chi connectivity index (χ0n) is 37.8. The molecule has 7 heteroatoms. The molecule has 2 saturated carbocycles. The Morgan fingerprint density at radius 1 is 0.492 bits per heavy atom. The Bertz CT molecular complexity index is 2470. The second-order valence-electron chi connectivity index (χ2n) is 17.5. The van der Waals surface area contributed by atoms with Crippen molar-refractivity contribution in [3.63, 3.8) is 0 Å². The SMILES string of the molecule is Cl.Cl.[CH2-]CC(F)(F)F.[CH3-].[Si]=[Zr].c1ccc2cc(-c3cccc4[cH-]c(CC5CCCCCC5)cc34)ccc2c1.c1ccc2cc(-c3cccc4[cH-]c(CC5CCCCCC5)cc34)ccc2c1. The molecular formula is C58H63Cl2F3SiZr-4. The molecule has 0 aliphatic heterocycles. The van der Waals surface area contributed by atoms with Crippen molar-refractivity contribution in [3.8, 4) is 22.3 Å². The Hall–Kier alpha value is -3.47. The third-order valence-electron chi connectivity index (χ3n) is 13.0. The van der Waals surface area contributed by atoms with E-state index >= 15 is 0 Å². The maximum atomic E-state index is 10.7. The van der Waals surface area contributed by atoms with Crippen molar-refractivity contribution in [1.82, 2.24) is 0 Å². The van der Waals surface area contributed by atoms with E-state index in [1.54, 1.807) is 0 Å². The first-order valence-electron chi connectivity index (χ1n) is 22.8. The van der Waals surface area contributed by atoms with E-state index in [1.165, 1.54) is 190 Å². The molecule has 0 nitrogen and oxygen atoms in total. The molecule has 0 aromatic heterocycles. The summed E-state index contributed by atoms with van der Waals surface area (Å²) in [5, 5.41) is 10.9. The van der Waals surface area contributed by atoms with E-state index in [4.69, 9.17) is 0 Å². The average Bonchev–Trinajstić information content (AvgIpc) is 3.69. The molecule has 2 aliphatic rings. The van der Waals surface area contributed by atoms with Crippen LogP contribution in [0, 0.1) is 26.2 Å². The minimum atomic E-state index is -4.07. The van der Waals surface area contributed by atoms with Crippen LogP contribution >= 0.6 is 24.8 Å². The quantitative estimate of drug-likeness (QED) is 0.0885. The molecule has 10 rings (SSSR count). The summed E-state index contributed by atoms with van der Waals surface area (Å²) < 4.78 is 32.2. The van der Waals surface area contributed by atoms with Gasteiger partial charge in [0, 0.05) is 0 Å². The van der Waals surface area contributed by atoms with Crippen LogP contribution in [0.25, 0.3) is 65.3 Å². The molecule has 0 atom stereocenters. The summed E-state index contributed by atoms with van der Waals surface area (Å²) in [6.45, 7) is 5.69. The van der Waals surface area contributed by atoms with E-state index in [0.29, 0.717) is 0 Å². The summed E-state index contributed by atoms with van der Waals surface area (Å²) in [6, 6.07) is 54.3. The van der Waals surface area contributed by atoms with Crippen molar-refractivity contribution in [2.24, 2.45) is 11.8 Å². The van der Waals surface area contributed by atoms with Crippen LogP contribution in [0.15, 0.2) is 146 Å². The third-order valence-corrected chi connectivity index (χ3v) is 13.0. The predicted octanol–water partition coefficient (Wildman–Crippen LogP) is 18.5. The molecule has 0 unspecified atom stereocenters. The molecule has 2 aliphatic carbocycles. The van der Waals surface area contributed by atoms with Gasteiger partial charge in [-0.25, -0.2) is 0 Å². The van der Waals surface area contributed by atoms with Gasteiger partial charge in [0.2, 0.25) is 0 Å². The molecule has 2 radical (unpaired) electrons. The first kappa shape index (κ1) is 54.1. The van der Waals surface area contributed by atoms with E-state index in [0.717, 1.165) is 11.8 Å². The molecule has 0 amide bonds. The van der Waals surface area contributed by atoms with Gasteiger partial charge in [0.05, 0.1) is 0 Å². The summed E-state index contributed by atoms with van der Waals surface area (Å²) in [7, 11) is 0. The Kier molecular flexibility index (Phi) is 22.3. The van der Waals surface area contributed by atoms with Crippen molar-refractivity contribution >= 4 is 74.8 Å². The van der Waals surface area contributed by atoms with E-state index in [2.05, 4.69) is 159 Å². The Labute approximate surface area is 415 Å². The minimum absolute atomic E-state index is 0. The van der Waals surface area contributed by atoms with Crippen LogP contribution in [0.3, 0.4) is 0 Å². The second-order valence-corrected chi connectivity index (χ2v) is 17.5. The van der Waals surface area contributed by atoms with Crippen LogP contribution in [0.5, 0.6) is 0 Å². The van der Waals surface area contributed by atoms with Gasteiger partial charge in [-0.1, -0.05) is 180 Å². The average molecular weight is 1010 g/mol. The molecule has 0 spiro atoms. The zero-order chi connectivity index (χ0) is 43.3. The Morgan fingerprint density at radius 3 is 1.20 bits per heavy atom. The van der Waals surface area contributed by atoms with Crippen LogP contribution in [0.4, 0.5) is 13.2 Å². The Balaban J connectivity index is 0.000000236. The fourth-order valence-corrected chi connectivity index (χ4v) is 9.85. The van der Waals surface area contributed by atoms with Gasteiger partial charge < -0.3 is 14.4 Å². The maximum absolute atomic E-state index is 10.7. The Morgan fingerprint density at radius 2 is 0.846 bits per heavy atom. The van der Waals surface area contributed by atoms with Gasteiger partial charge in [0.15, 0.2) is 0 Å². The molecule has 2 fully saturated rings. The van der Waals surface area contributed by atoms with Gasteiger partial charge >= 0.3 is 36.4 Å². The normalized spacial score (nSPS) is 14.4. The molecule has 0 heterocycles. The van der Waals surface area contributed by atoms with Crippen LogP contribution in [0.1, 0.15) is 94.6 Å². The second kappa shape index (κ2) is 26.8. The molecular weight excluding hydrogens is 944 g/mol. The van der Waals surface area contributed by atoms with E-state index in [9.17, 15) is 13.2 Å². The molecule has 0 bridgehead atoms. The van der Waals surface area contributed by atoms with Gasteiger partial charge in [0.25, 0.3) is 0 Å². The first-order chi connectivity index (χ1) is 30.3. The minimum Gasteiger partial charge on any atom is -0.164 e. The molecule has 65 heavy (non-hydrogen) atoms. The fourth-order valence-electron chi connectivity index (χ4n) is 9.85. The van der Waals surface area contributed by atoms with E-state index in [-0.39, 0.29) is 32.2 Å². The smallest absolute Gasteiger partial charge is 0.0178 e. The van der Waals surface area contributed by atoms with Crippen molar-refractivity contribution in [3.05, 3.63) is 171 Å².